The molecule has 1 atom stereocenters. The number of aromatic nitrogens is 2. The van der Waals surface area contributed by atoms with Gasteiger partial charge in [0, 0.05) is 7.11 Å². The molecule has 20 heavy (non-hydrogen) atoms. The van der Waals surface area contributed by atoms with Crippen molar-refractivity contribution in [2.75, 3.05) is 13.7 Å². The number of ether oxygens (including phenoxy) is 1. The molecule has 0 aliphatic rings. The summed E-state index contributed by atoms with van der Waals surface area (Å²) in [7, 11) is -2.50. The molecule has 0 spiro atoms. The first-order valence-corrected chi connectivity index (χ1v) is 7.60. The normalized spacial score (nSPS) is 13.5. The SMILES string of the molecule is COCC(NC(=O)c1n[nH]c(C)c1S(N)(=O)=O)C(C)C. The van der Waals surface area contributed by atoms with E-state index in [9.17, 15) is 13.2 Å². The van der Waals surface area contributed by atoms with Crippen LogP contribution < -0.4 is 10.5 Å². The third-order valence-electron chi connectivity index (χ3n) is 2.86. The van der Waals surface area contributed by atoms with Crippen molar-refractivity contribution in [3.63, 3.8) is 0 Å². The van der Waals surface area contributed by atoms with E-state index in [4.69, 9.17) is 9.88 Å². The van der Waals surface area contributed by atoms with E-state index in [1.54, 1.807) is 0 Å². The highest BCUT2D eigenvalue weighted by atomic mass is 32.2. The fraction of sp³-hybridized carbons (Fsp3) is 0.636. The molecule has 8 nitrogen and oxygen atoms in total. The molecule has 1 unspecified atom stereocenters. The molecule has 114 valence electrons. The van der Waals surface area contributed by atoms with Crippen LogP contribution in [0.3, 0.4) is 0 Å². The summed E-state index contributed by atoms with van der Waals surface area (Å²) in [6.45, 7) is 5.64. The highest BCUT2D eigenvalue weighted by Gasteiger charge is 2.27. The molecule has 0 saturated heterocycles. The molecule has 9 heteroatoms. The monoisotopic (exact) mass is 304 g/mol. The van der Waals surface area contributed by atoms with Gasteiger partial charge >= 0.3 is 0 Å². The molecule has 0 aliphatic heterocycles. The van der Waals surface area contributed by atoms with Crippen molar-refractivity contribution in [1.29, 1.82) is 0 Å². The summed E-state index contributed by atoms with van der Waals surface area (Å²) in [6, 6.07) is -0.252. The number of aromatic amines is 1. The second-order valence-corrected chi connectivity index (χ2v) is 6.35. The van der Waals surface area contributed by atoms with Crippen LogP contribution >= 0.6 is 0 Å². The molecule has 0 radical (unpaired) electrons. The average Bonchev–Trinajstić information content (AvgIpc) is 2.70. The second kappa shape index (κ2) is 6.33. The summed E-state index contributed by atoms with van der Waals surface area (Å²) in [6.07, 6.45) is 0. The van der Waals surface area contributed by atoms with Crippen LogP contribution in [-0.4, -0.2) is 44.3 Å². The van der Waals surface area contributed by atoms with Crippen molar-refractivity contribution < 1.29 is 17.9 Å². The zero-order valence-corrected chi connectivity index (χ0v) is 12.7. The van der Waals surface area contributed by atoms with E-state index >= 15 is 0 Å². The Kier molecular flexibility index (Phi) is 5.26. The topological polar surface area (TPSA) is 127 Å². The van der Waals surface area contributed by atoms with Gasteiger partial charge in [-0.3, -0.25) is 9.89 Å². The molecule has 1 aromatic heterocycles. The van der Waals surface area contributed by atoms with Gasteiger partial charge in [-0.05, 0) is 12.8 Å². The lowest BCUT2D eigenvalue weighted by molar-refractivity contribution is 0.0858. The zero-order valence-electron chi connectivity index (χ0n) is 11.9. The lowest BCUT2D eigenvalue weighted by atomic mass is 10.1. The molecule has 0 aromatic carbocycles. The largest absolute Gasteiger partial charge is 0.383 e. The molecule has 0 saturated carbocycles. The summed E-state index contributed by atoms with van der Waals surface area (Å²) < 4.78 is 28.0. The van der Waals surface area contributed by atoms with Crippen LogP contribution in [0.1, 0.15) is 30.0 Å². The first-order valence-electron chi connectivity index (χ1n) is 6.06. The number of sulfonamides is 1. The predicted molar refractivity (Wildman–Crippen MR) is 72.7 cm³/mol. The number of methoxy groups -OCH3 is 1. The number of hydrogen-bond donors (Lipinski definition) is 3. The van der Waals surface area contributed by atoms with Crippen molar-refractivity contribution in [3.8, 4) is 0 Å². The van der Waals surface area contributed by atoms with Gasteiger partial charge in [0.15, 0.2) is 5.69 Å². The molecule has 1 amide bonds. The Morgan fingerprint density at radius 2 is 2.10 bits per heavy atom. The predicted octanol–water partition coefficient (Wildman–Crippen LogP) is -0.234. The molecule has 1 heterocycles. The Bertz CT molecular complexity index is 579. The first kappa shape index (κ1) is 16.6. The lowest BCUT2D eigenvalue weighted by Crippen LogP contribution is -2.42. The van der Waals surface area contributed by atoms with Crippen molar-refractivity contribution in [2.45, 2.75) is 31.7 Å². The number of rotatable bonds is 6. The summed E-state index contributed by atoms with van der Waals surface area (Å²) in [5, 5.41) is 14.0. The molecular weight excluding hydrogens is 284 g/mol. The fourth-order valence-corrected chi connectivity index (χ4v) is 2.62. The molecule has 4 N–H and O–H groups in total. The number of hydrogen-bond acceptors (Lipinski definition) is 5. The number of carbonyl (C=O) groups excluding carboxylic acids is 1. The number of carbonyl (C=O) groups is 1. The smallest absolute Gasteiger partial charge is 0.273 e. The Hall–Kier alpha value is -1.45. The molecule has 0 bridgehead atoms. The van der Waals surface area contributed by atoms with Gasteiger partial charge in [-0.1, -0.05) is 13.8 Å². The maximum absolute atomic E-state index is 12.1. The third-order valence-corrected chi connectivity index (χ3v) is 3.93. The molecule has 1 aromatic rings. The van der Waals surface area contributed by atoms with Crippen LogP contribution in [0.5, 0.6) is 0 Å². The summed E-state index contributed by atoms with van der Waals surface area (Å²) >= 11 is 0. The Balaban J connectivity index is 3.05. The molecular formula is C11H20N4O4S. The Morgan fingerprint density at radius 1 is 1.50 bits per heavy atom. The van der Waals surface area contributed by atoms with Crippen LogP contribution in [0.15, 0.2) is 4.90 Å². The van der Waals surface area contributed by atoms with Gasteiger partial charge < -0.3 is 10.1 Å². The second-order valence-electron chi connectivity index (χ2n) is 4.85. The van der Waals surface area contributed by atoms with Gasteiger partial charge in [0.2, 0.25) is 10.0 Å². The van der Waals surface area contributed by atoms with E-state index in [2.05, 4.69) is 15.5 Å². The maximum Gasteiger partial charge on any atom is 0.273 e. The number of amides is 1. The molecule has 1 rings (SSSR count). The standard InChI is InChI=1S/C11H20N4O4S/c1-6(2)8(5-19-4)13-11(16)9-10(20(12,17)18)7(3)14-15-9/h6,8H,5H2,1-4H3,(H,13,16)(H,14,15)(H2,12,17,18). The van der Waals surface area contributed by atoms with Crippen molar-refractivity contribution in [1.82, 2.24) is 15.5 Å². The van der Waals surface area contributed by atoms with Crippen LogP contribution in [0.2, 0.25) is 0 Å². The van der Waals surface area contributed by atoms with Gasteiger partial charge in [0.05, 0.1) is 18.3 Å². The Morgan fingerprint density at radius 3 is 2.55 bits per heavy atom. The highest BCUT2D eigenvalue weighted by molar-refractivity contribution is 7.89. The summed E-state index contributed by atoms with van der Waals surface area (Å²) in [5.74, 6) is -0.481. The summed E-state index contributed by atoms with van der Waals surface area (Å²) in [5.41, 5.74) is -0.00255. The van der Waals surface area contributed by atoms with E-state index in [1.807, 2.05) is 13.8 Å². The summed E-state index contributed by atoms with van der Waals surface area (Å²) in [4.78, 5) is 11.9. The Labute approximate surface area is 118 Å². The van der Waals surface area contributed by atoms with E-state index in [1.165, 1.54) is 14.0 Å². The van der Waals surface area contributed by atoms with E-state index in [-0.39, 0.29) is 28.2 Å². The van der Waals surface area contributed by atoms with Crippen LogP contribution in [0, 0.1) is 12.8 Å². The quantitative estimate of drug-likeness (QED) is 0.668. The van der Waals surface area contributed by atoms with Crippen molar-refractivity contribution >= 4 is 15.9 Å². The number of H-pyrrole nitrogens is 1. The zero-order chi connectivity index (χ0) is 15.5. The van der Waals surface area contributed by atoms with Crippen LogP contribution in [0.25, 0.3) is 0 Å². The van der Waals surface area contributed by atoms with Crippen molar-refractivity contribution in [3.05, 3.63) is 11.4 Å². The van der Waals surface area contributed by atoms with Gasteiger partial charge in [-0.25, -0.2) is 13.6 Å². The van der Waals surface area contributed by atoms with E-state index in [0.717, 1.165) is 0 Å². The minimum Gasteiger partial charge on any atom is -0.383 e. The fourth-order valence-electron chi connectivity index (χ4n) is 1.74. The first-order chi connectivity index (χ1) is 9.18. The highest BCUT2D eigenvalue weighted by Crippen LogP contribution is 2.16. The van der Waals surface area contributed by atoms with Gasteiger partial charge in [-0.15, -0.1) is 0 Å². The molecule has 0 fully saturated rings. The van der Waals surface area contributed by atoms with Gasteiger partial charge in [-0.2, -0.15) is 5.10 Å². The van der Waals surface area contributed by atoms with E-state index < -0.39 is 15.9 Å². The van der Waals surface area contributed by atoms with Crippen LogP contribution in [0.4, 0.5) is 0 Å². The molecule has 0 aliphatic carbocycles. The lowest BCUT2D eigenvalue weighted by Gasteiger charge is -2.21. The number of primary sulfonamides is 1. The minimum absolute atomic E-state index is 0.122. The number of nitrogens with zero attached hydrogens (tertiary/aromatic N) is 1. The van der Waals surface area contributed by atoms with Crippen LogP contribution in [-0.2, 0) is 14.8 Å². The van der Waals surface area contributed by atoms with E-state index in [0.29, 0.717) is 6.61 Å². The van der Waals surface area contributed by atoms with Gasteiger partial charge in [0.25, 0.3) is 5.91 Å². The number of nitrogens with one attached hydrogen (secondary N) is 2. The van der Waals surface area contributed by atoms with Gasteiger partial charge in [0.1, 0.15) is 4.90 Å². The third kappa shape index (κ3) is 3.78. The number of nitrogens with two attached hydrogens (primary N) is 1. The minimum atomic E-state index is -4.02. The maximum atomic E-state index is 12.1. The average molecular weight is 304 g/mol. The number of aryl methyl sites for hydroxylation is 1. The van der Waals surface area contributed by atoms with Crippen molar-refractivity contribution in [2.24, 2.45) is 11.1 Å².